The zero-order valence-electron chi connectivity index (χ0n) is 12.2. The van der Waals surface area contributed by atoms with Gasteiger partial charge in [-0.2, -0.15) is 0 Å². The van der Waals surface area contributed by atoms with E-state index < -0.39 is 0 Å². The van der Waals surface area contributed by atoms with Gasteiger partial charge in [0.05, 0.1) is 5.01 Å². The Hall–Kier alpha value is -1.79. The molecule has 0 aliphatic carbocycles. The Morgan fingerprint density at radius 2 is 2.18 bits per heavy atom. The van der Waals surface area contributed by atoms with Gasteiger partial charge in [-0.05, 0) is 30.5 Å². The number of carbonyl (C=O) groups excluding carboxylic acids is 1. The van der Waals surface area contributed by atoms with Crippen LogP contribution in [0.5, 0.6) is 0 Å². The smallest absolute Gasteiger partial charge is 0.273 e. The molecule has 1 fully saturated rings. The van der Waals surface area contributed by atoms with Crippen LogP contribution < -0.4 is 5.73 Å². The van der Waals surface area contributed by atoms with E-state index in [4.69, 9.17) is 5.73 Å². The molecule has 2 heterocycles. The highest BCUT2D eigenvalue weighted by molar-refractivity contribution is 7.09. The molecule has 1 amide bonds. The van der Waals surface area contributed by atoms with Crippen LogP contribution in [-0.2, 0) is 6.42 Å². The van der Waals surface area contributed by atoms with Gasteiger partial charge in [0.15, 0.2) is 0 Å². The number of rotatable bonds is 4. The minimum atomic E-state index is -0.249. The van der Waals surface area contributed by atoms with E-state index in [1.807, 2.05) is 4.90 Å². The van der Waals surface area contributed by atoms with Crippen LogP contribution in [0.3, 0.4) is 0 Å². The molecular formula is C16H18FN3OS. The highest BCUT2D eigenvalue weighted by Crippen LogP contribution is 2.21. The lowest BCUT2D eigenvalue weighted by Crippen LogP contribution is -2.40. The van der Waals surface area contributed by atoms with Crippen molar-refractivity contribution >= 4 is 17.2 Å². The average molecular weight is 319 g/mol. The van der Waals surface area contributed by atoms with E-state index in [1.165, 1.54) is 23.5 Å². The number of hydrogen-bond donors (Lipinski definition) is 1. The Morgan fingerprint density at radius 3 is 2.91 bits per heavy atom. The van der Waals surface area contributed by atoms with Crippen LogP contribution in [0.15, 0.2) is 29.6 Å². The number of hydrogen-bond acceptors (Lipinski definition) is 4. The third-order valence-corrected chi connectivity index (χ3v) is 4.80. The summed E-state index contributed by atoms with van der Waals surface area (Å²) in [4.78, 5) is 18.8. The molecular weight excluding hydrogens is 301 g/mol. The van der Waals surface area contributed by atoms with Gasteiger partial charge in [-0.3, -0.25) is 4.79 Å². The fourth-order valence-corrected chi connectivity index (χ4v) is 3.56. The lowest BCUT2D eigenvalue weighted by molar-refractivity contribution is 0.0736. The summed E-state index contributed by atoms with van der Waals surface area (Å²) in [6.07, 6.45) is 2.58. The second kappa shape index (κ2) is 6.54. The fraction of sp³-hybridized carbons (Fsp3) is 0.375. The van der Waals surface area contributed by atoms with E-state index >= 15 is 0 Å². The average Bonchev–Trinajstić information content (AvgIpc) is 3.17. The molecule has 1 aliphatic heterocycles. The van der Waals surface area contributed by atoms with Crippen molar-refractivity contribution in [1.29, 1.82) is 0 Å². The first kappa shape index (κ1) is 15.1. The van der Waals surface area contributed by atoms with Gasteiger partial charge in [0.1, 0.15) is 11.5 Å². The molecule has 4 nitrogen and oxygen atoms in total. The van der Waals surface area contributed by atoms with E-state index in [0.717, 1.165) is 30.0 Å². The number of likely N-dealkylation sites (tertiary alicyclic amines) is 1. The maximum atomic E-state index is 12.9. The van der Waals surface area contributed by atoms with Crippen LogP contribution in [0, 0.1) is 5.82 Å². The van der Waals surface area contributed by atoms with Gasteiger partial charge in [-0.1, -0.05) is 12.1 Å². The first-order chi connectivity index (χ1) is 10.7. The van der Waals surface area contributed by atoms with Gasteiger partial charge < -0.3 is 10.6 Å². The summed E-state index contributed by atoms with van der Waals surface area (Å²) in [5.74, 6) is -0.282. The van der Waals surface area contributed by atoms with E-state index in [0.29, 0.717) is 18.7 Å². The fourth-order valence-electron chi connectivity index (χ4n) is 2.76. The van der Waals surface area contributed by atoms with E-state index in [-0.39, 0.29) is 17.8 Å². The number of aromatic nitrogens is 1. The molecule has 22 heavy (non-hydrogen) atoms. The van der Waals surface area contributed by atoms with Gasteiger partial charge >= 0.3 is 0 Å². The second-order valence-corrected chi connectivity index (χ2v) is 6.40. The standard InChI is InChI=1S/C16H18FN3OS/c17-12-5-3-11(4-6-12)8-15-19-14(10-22-15)16(21)20-7-1-2-13(20)9-18/h3-6,10,13H,1-2,7-9,18H2. The number of benzene rings is 1. The highest BCUT2D eigenvalue weighted by Gasteiger charge is 2.29. The van der Waals surface area contributed by atoms with Crippen molar-refractivity contribution in [1.82, 2.24) is 9.88 Å². The SMILES string of the molecule is NCC1CCCN1C(=O)c1csc(Cc2ccc(F)cc2)n1. The van der Waals surface area contributed by atoms with E-state index in [2.05, 4.69) is 4.98 Å². The molecule has 0 saturated carbocycles. The van der Waals surface area contributed by atoms with Crippen LogP contribution in [0.4, 0.5) is 4.39 Å². The van der Waals surface area contributed by atoms with Crippen molar-refractivity contribution in [3.63, 3.8) is 0 Å². The van der Waals surface area contributed by atoms with Crippen LogP contribution in [0.25, 0.3) is 0 Å². The number of nitrogens with two attached hydrogens (primary N) is 1. The second-order valence-electron chi connectivity index (χ2n) is 5.46. The minimum Gasteiger partial charge on any atom is -0.333 e. The summed E-state index contributed by atoms with van der Waals surface area (Å²) in [5.41, 5.74) is 7.19. The van der Waals surface area contributed by atoms with Crippen molar-refractivity contribution in [2.24, 2.45) is 5.73 Å². The molecule has 2 N–H and O–H groups in total. The number of amides is 1. The van der Waals surface area contributed by atoms with Crippen molar-refractivity contribution in [2.75, 3.05) is 13.1 Å². The topological polar surface area (TPSA) is 59.2 Å². The van der Waals surface area contributed by atoms with Crippen LogP contribution in [-0.4, -0.2) is 34.9 Å². The predicted octanol–water partition coefficient (Wildman–Crippen LogP) is 2.44. The van der Waals surface area contributed by atoms with Crippen LogP contribution in [0.1, 0.15) is 33.9 Å². The van der Waals surface area contributed by atoms with Crippen LogP contribution in [0.2, 0.25) is 0 Å². The van der Waals surface area contributed by atoms with Gasteiger partial charge in [-0.15, -0.1) is 11.3 Å². The van der Waals surface area contributed by atoms with Crippen molar-refractivity contribution in [2.45, 2.75) is 25.3 Å². The quantitative estimate of drug-likeness (QED) is 0.941. The molecule has 0 spiro atoms. The van der Waals surface area contributed by atoms with Crippen LogP contribution >= 0.6 is 11.3 Å². The molecule has 1 aromatic heterocycles. The summed E-state index contributed by atoms with van der Waals surface area (Å²) in [7, 11) is 0. The van der Waals surface area contributed by atoms with Crippen molar-refractivity contribution < 1.29 is 9.18 Å². The number of nitrogens with zero attached hydrogens (tertiary/aromatic N) is 2. The Morgan fingerprint density at radius 1 is 1.41 bits per heavy atom. The molecule has 116 valence electrons. The lowest BCUT2D eigenvalue weighted by Gasteiger charge is -2.22. The maximum absolute atomic E-state index is 12.9. The maximum Gasteiger partial charge on any atom is 0.273 e. The van der Waals surface area contributed by atoms with Gasteiger partial charge in [0.25, 0.3) is 5.91 Å². The Labute approximate surface area is 132 Å². The number of thiazole rings is 1. The monoisotopic (exact) mass is 319 g/mol. The minimum absolute atomic E-state index is 0.0328. The Kier molecular flexibility index (Phi) is 4.49. The summed E-state index contributed by atoms with van der Waals surface area (Å²) in [6.45, 7) is 1.25. The Bertz CT molecular complexity index is 656. The molecule has 1 aromatic carbocycles. The predicted molar refractivity (Wildman–Crippen MR) is 84.4 cm³/mol. The summed E-state index contributed by atoms with van der Waals surface area (Å²) >= 11 is 1.46. The summed E-state index contributed by atoms with van der Waals surface area (Å²) < 4.78 is 12.9. The molecule has 1 unspecified atom stereocenters. The zero-order valence-corrected chi connectivity index (χ0v) is 13.0. The first-order valence-corrected chi connectivity index (χ1v) is 8.25. The molecule has 0 radical (unpaired) electrons. The van der Waals surface area contributed by atoms with Gasteiger partial charge in [0.2, 0.25) is 0 Å². The highest BCUT2D eigenvalue weighted by atomic mass is 32.1. The lowest BCUT2D eigenvalue weighted by atomic mass is 10.1. The van der Waals surface area contributed by atoms with Gasteiger partial charge in [0, 0.05) is 30.9 Å². The van der Waals surface area contributed by atoms with E-state index in [1.54, 1.807) is 17.5 Å². The molecule has 3 rings (SSSR count). The third kappa shape index (κ3) is 3.18. The summed E-state index contributed by atoms with van der Waals surface area (Å²) in [6, 6.07) is 6.48. The first-order valence-electron chi connectivity index (χ1n) is 7.37. The largest absolute Gasteiger partial charge is 0.333 e. The molecule has 1 saturated heterocycles. The zero-order chi connectivity index (χ0) is 15.5. The molecule has 2 aromatic rings. The third-order valence-electron chi connectivity index (χ3n) is 3.95. The van der Waals surface area contributed by atoms with Crippen molar-refractivity contribution in [3.05, 3.63) is 51.7 Å². The normalized spacial score (nSPS) is 17.9. The Balaban J connectivity index is 1.70. The molecule has 6 heteroatoms. The summed E-state index contributed by atoms with van der Waals surface area (Å²) in [5, 5.41) is 2.66. The number of halogens is 1. The molecule has 0 bridgehead atoms. The van der Waals surface area contributed by atoms with Crippen molar-refractivity contribution in [3.8, 4) is 0 Å². The molecule has 1 aliphatic rings. The number of carbonyl (C=O) groups is 1. The molecule has 1 atom stereocenters. The van der Waals surface area contributed by atoms with E-state index in [9.17, 15) is 9.18 Å². The van der Waals surface area contributed by atoms with Gasteiger partial charge in [-0.25, -0.2) is 9.37 Å².